The third kappa shape index (κ3) is 1.92. The molecule has 20 heavy (non-hydrogen) atoms. The predicted octanol–water partition coefficient (Wildman–Crippen LogP) is 3.47. The molecule has 0 atom stereocenters. The highest BCUT2D eigenvalue weighted by Gasteiger charge is 2.26. The van der Waals surface area contributed by atoms with E-state index in [1.54, 1.807) is 6.07 Å². The van der Waals surface area contributed by atoms with Crippen LogP contribution in [0.15, 0.2) is 53.3 Å². The van der Waals surface area contributed by atoms with Gasteiger partial charge in [-0.2, -0.15) is 0 Å². The minimum absolute atomic E-state index is 0.0650. The minimum Gasteiger partial charge on any atom is -0.306 e. The first-order chi connectivity index (χ1) is 9.81. The van der Waals surface area contributed by atoms with Gasteiger partial charge in [0.05, 0.1) is 5.69 Å². The van der Waals surface area contributed by atoms with Crippen molar-refractivity contribution in [3.8, 4) is 11.4 Å². The van der Waals surface area contributed by atoms with Gasteiger partial charge in [0.1, 0.15) is 5.82 Å². The molecule has 3 heteroatoms. The second kappa shape index (κ2) is 4.30. The number of rotatable bonds is 2. The molecule has 1 aromatic heterocycles. The van der Waals surface area contributed by atoms with Gasteiger partial charge in [-0.1, -0.05) is 42.5 Å². The minimum atomic E-state index is -0.0650. The maximum Gasteiger partial charge on any atom is 0.251 e. The van der Waals surface area contributed by atoms with Gasteiger partial charge >= 0.3 is 0 Å². The van der Waals surface area contributed by atoms with E-state index < -0.39 is 0 Å². The van der Waals surface area contributed by atoms with Crippen LogP contribution < -0.4 is 5.56 Å². The third-order valence-corrected chi connectivity index (χ3v) is 3.80. The van der Waals surface area contributed by atoms with E-state index in [1.165, 1.54) is 0 Å². The summed E-state index contributed by atoms with van der Waals surface area (Å²) in [6, 6.07) is 15.9. The van der Waals surface area contributed by atoms with Gasteiger partial charge in [-0.15, -0.1) is 0 Å². The standard InChI is InChI=1S/C17H14N2O/c20-16-10-15(12-8-9-12)18-17(19-16)14-7-3-5-11-4-1-2-6-13(11)14/h1-7,10,12H,8-9H2,(H,18,19,20). The average molecular weight is 262 g/mol. The van der Waals surface area contributed by atoms with Crippen LogP contribution in [0.2, 0.25) is 0 Å². The average Bonchev–Trinajstić information content (AvgIpc) is 3.30. The highest BCUT2D eigenvalue weighted by Crippen LogP contribution is 2.39. The summed E-state index contributed by atoms with van der Waals surface area (Å²) < 4.78 is 0. The largest absolute Gasteiger partial charge is 0.306 e. The summed E-state index contributed by atoms with van der Waals surface area (Å²) in [5.41, 5.74) is 1.85. The number of aromatic amines is 1. The first-order valence-corrected chi connectivity index (χ1v) is 6.91. The highest BCUT2D eigenvalue weighted by molar-refractivity contribution is 5.94. The first kappa shape index (κ1) is 11.4. The lowest BCUT2D eigenvalue weighted by Crippen LogP contribution is -2.10. The lowest BCUT2D eigenvalue weighted by atomic mass is 10.0. The van der Waals surface area contributed by atoms with Crippen molar-refractivity contribution in [3.05, 3.63) is 64.6 Å². The smallest absolute Gasteiger partial charge is 0.251 e. The molecular weight excluding hydrogens is 248 g/mol. The molecule has 1 N–H and O–H groups in total. The van der Waals surface area contributed by atoms with Crippen LogP contribution >= 0.6 is 0 Å². The van der Waals surface area contributed by atoms with Crippen LogP contribution in [0.4, 0.5) is 0 Å². The van der Waals surface area contributed by atoms with E-state index in [9.17, 15) is 4.79 Å². The van der Waals surface area contributed by atoms with Gasteiger partial charge in [-0.25, -0.2) is 4.98 Å². The number of nitrogens with one attached hydrogen (secondary N) is 1. The molecule has 2 aromatic carbocycles. The van der Waals surface area contributed by atoms with Gasteiger partial charge < -0.3 is 4.98 Å². The van der Waals surface area contributed by atoms with Gasteiger partial charge in [-0.05, 0) is 23.6 Å². The lowest BCUT2D eigenvalue weighted by Gasteiger charge is -2.07. The van der Waals surface area contributed by atoms with Crippen molar-refractivity contribution >= 4 is 10.8 Å². The van der Waals surface area contributed by atoms with Crippen molar-refractivity contribution in [2.45, 2.75) is 18.8 Å². The van der Waals surface area contributed by atoms with Crippen molar-refractivity contribution < 1.29 is 0 Å². The molecule has 1 fully saturated rings. The van der Waals surface area contributed by atoms with Crippen molar-refractivity contribution in [2.75, 3.05) is 0 Å². The number of nitrogens with zero attached hydrogens (tertiary/aromatic N) is 1. The molecule has 1 heterocycles. The lowest BCUT2D eigenvalue weighted by molar-refractivity contribution is 0.978. The van der Waals surface area contributed by atoms with Crippen LogP contribution in [-0.2, 0) is 0 Å². The molecular formula is C17H14N2O. The number of hydrogen-bond donors (Lipinski definition) is 1. The van der Waals surface area contributed by atoms with E-state index in [0.29, 0.717) is 11.7 Å². The summed E-state index contributed by atoms with van der Waals surface area (Å²) in [5.74, 6) is 1.15. The maximum atomic E-state index is 11.9. The Morgan fingerprint density at radius 3 is 2.70 bits per heavy atom. The molecule has 1 aliphatic carbocycles. The van der Waals surface area contributed by atoms with E-state index in [1.807, 2.05) is 24.3 Å². The second-order valence-electron chi connectivity index (χ2n) is 5.32. The normalized spacial score (nSPS) is 14.6. The Labute approximate surface area is 116 Å². The van der Waals surface area contributed by atoms with E-state index in [0.717, 1.165) is 34.9 Å². The molecule has 0 bridgehead atoms. The Hall–Kier alpha value is -2.42. The van der Waals surface area contributed by atoms with Gasteiger partial charge in [0, 0.05) is 17.5 Å². The fraction of sp³-hybridized carbons (Fsp3) is 0.176. The summed E-state index contributed by atoms with van der Waals surface area (Å²) in [7, 11) is 0. The molecule has 98 valence electrons. The monoisotopic (exact) mass is 262 g/mol. The van der Waals surface area contributed by atoms with E-state index >= 15 is 0 Å². The van der Waals surface area contributed by atoms with Crippen molar-refractivity contribution in [1.82, 2.24) is 9.97 Å². The highest BCUT2D eigenvalue weighted by atomic mass is 16.1. The van der Waals surface area contributed by atoms with E-state index in [-0.39, 0.29) is 5.56 Å². The predicted molar refractivity (Wildman–Crippen MR) is 79.8 cm³/mol. The Bertz CT molecular complexity index is 841. The topological polar surface area (TPSA) is 45.8 Å². The Morgan fingerprint density at radius 2 is 1.85 bits per heavy atom. The van der Waals surface area contributed by atoms with Gasteiger partial charge in [0.15, 0.2) is 0 Å². The molecule has 0 aliphatic heterocycles. The van der Waals surface area contributed by atoms with Gasteiger partial charge in [-0.3, -0.25) is 4.79 Å². The fourth-order valence-electron chi connectivity index (χ4n) is 2.62. The molecule has 1 aliphatic rings. The van der Waals surface area contributed by atoms with E-state index in [2.05, 4.69) is 28.2 Å². The number of H-pyrrole nitrogens is 1. The zero-order valence-electron chi connectivity index (χ0n) is 11.0. The van der Waals surface area contributed by atoms with Crippen LogP contribution in [0, 0.1) is 0 Å². The first-order valence-electron chi connectivity index (χ1n) is 6.91. The third-order valence-electron chi connectivity index (χ3n) is 3.80. The summed E-state index contributed by atoms with van der Waals surface area (Å²) in [6.45, 7) is 0. The van der Waals surface area contributed by atoms with Crippen LogP contribution in [0.3, 0.4) is 0 Å². The maximum absolute atomic E-state index is 11.9. The SMILES string of the molecule is O=c1cc(C2CC2)nc(-c2cccc3ccccc23)[nH]1. The number of aromatic nitrogens is 2. The van der Waals surface area contributed by atoms with Gasteiger partial charge in [0.2, 0.25) is 0 Å². The quantitative estimate of drug-likeness (QED) is 0.768. The Balaban J connectivity index is 1.97. The fourth-order valence-corrected chi connectivity index (χ4v) is 2.62. The zero-order valence-corrected chi connectivity index (χ0v) is 11.0. The number of benzene rings is 2. The molecule has 0 radical (unpaired) electrons. The summed E-state index contributed by atoms with van der Waals surface area (Å²) in [5, 5.41) is 2.27. The Kier molecular flexibility index (Phi) is 2.46. The van der Waals surface area contributed by atoms with Crippen molar-refractivity contribution in [3.63, 3.8) is 0 Å². The molecule has 1 saturated carbocycles. The number of hydrogen-bond acceptors (Lipinski definition) is 2. The molecule has 4 rings (SSSR count). The molecule has 3 aromatic rings. The van der Waals surface area contributed by atoms with Crippen LogP contribution in [0.5, 0.6) is 0 Å². The van der Waals surface area contributed by atoms with Crippen molar-refractivity contribution in [2.24, 2.45) is 0 Å². The number of fused-ring (bicyclic) bond motifs is 1. The summed E-state index contributed by atoms with van der Waals surface area (Å²) in [4.78, 5) is 19.4. The second-order valence-corrected chi connectivity index (χ2v) is 5.32. The molecule has 0 unspecified atom stereocenters. The van der Waals surface area contributed by atoms with E-state index in [4.69, 9.17) is 0 Å². The van der Waals surface area contributed by atoms with Crippen LogP contribution in [0.1, 0.15) is 24.5 Å². The molecule has 0 spiro atoms. The molecule has 0 amide bonds. The van der Waals surface area contributed by atoms with Crippen LogP contribution in [0.25, 0.3) is 22.2 Å². The van der Waals surface area contributed by atoms with Crippen LogP contribution in [-0.4, -0.2) is 9.97 Å². The van der Waals surface area contributed by atoms with Crippen molar-refractivity contribution in [1.29, 1.82) is 0 Å². The summed E-state index contributed by atoms with van der Waals surface area (Å²) in [6.07, 6.45) is 2.29. The molecule has 0 saturated heterocycles. The Morgan fingerprint density at radius 1 is 1.05 bits per heavy atom. The summed E-state index contributed by atoms with van der Waals surface area (Å²) >= 11 is 0. The van der Waals surface area contributed by atoms with Gasteiger partial charge in [0.25, 0.3) is 5.56 Å². The molecule has 3 nitrogen and oxygen atoms in total. The zero-order chi connectivity index (χ0) is 13.5.